The van der Waals surface area contributed by atoms with Gasteiger partial charge in [0.2, 0.25) is 0 Å². The maximum absolute atomic E-state index is 12.8. The molecule has 8 heteroatoms. The fourth-order valence-corrected chi connectivity index (χ4v) is 1.94. The number of alkyl halides is 3. The fraction of sp³-hybridized carbons (Fsp3) is 0.273. The van der Waals surface area contributed by atoms with Crippen molar-refractivity contribution >= 4 is 21.6 Å². The first-order chi connectivity index (χ1) is 8.97. The van der Waals surface area contributed by atoms with E-state index in [-0.39, 0.29) is 5.69 Å². The van der Waals surface area contributed by atoms with E-state index in [1.165, 1.54) is 18.5 Å². The summed E-state index contributed by atoms with van der Waals surface area (Å²) in [6, 6.07) is 3.81. The van der Waals surface area contributed by atoms with E-state index in [0.29, 0.717) is 23.3 Å². The first-order valence-corrected chi connectivity index (χ1v) is 6.21. The maximum atomic E-state index is 12.8. The van der Waals surface area contributed by atoms with Crippen molar-refractivity contribution in [3.05, 3.63) is 40.4 Å². The number of hydrogen-bond acceptors (Lipinski definition) is 3. The first kappa shape index (κ1) is 13.9. The third-order valence-corrected chi connectivity index (χ3v) is 2.92. The van der Waals surface area contributed by atoms with Crippen molar-refractivity contribution in [1.29, 1.82) is 0 Å². The Balaban J connectivity index is 2.08. The third kappa shape index (κ3) is 3.69. The Morgan fingerprint density at radius 1 is 1.32 bits per heavy atom. The van der Waals surface area contributed by atoms with Crippen molar-refractivity contribution in [2.24, 2.45) is 0 Å². The monoisotopic (exact) mass is 334 g/mol. The standard InChI is InChI=1S/C11H10BrF3N4/c12-7-1-2-8(11(13,14)15)9(5-7)16-4-3-10-17-6-18-19-10/h1-2,5-6,16H,3-4H2,(H,17,18,19). The molecule has 102 valence electrons. The van der Waals surface area contributed by atoms with Gasteiger partial charge in [-0.05, 0) is 18.2 Å². The number of aromatic amines is 1. The normalized spacial score (nSPS) is 11.6. The molecule has 0 spiro atoms. The Kier molecular flexibility index (Phi) is 4.08. The van der Waals surface area contributed by atoms with Crippen molar-refractivity contribution in [2.45, 2.75) is 12.6 Å². The fourth-order valence-electron chi connectivity index (χ4n) is 1.58. The van der Waals surface area contributed by atoms with Gasteiger partial charge < -0.3 is 5.32 Å². The summed E-state index contributed by atoms with van der Waals surface area (Å²) in [5, 5.41) is 9.08. The molecule has 2 N–H and O–H groups in total. The molecule has 0 bridgehead atoms. The lowest BCUT2D eigenvalue weighted by Crippen LogP contribution is -2.13. The van der Waals surface area contributed by atoms with E-state index >= 15 is 0 Å². The average Bonchev–Trinajstić information content (AvgIpc) is 2.80. The quantitative estimate of drug-likeness (QED) is 0.902. The van der Waals surface area contributed by atoms with Gasteiger partial charge in [0.25, 0.3) is 0 Å². The first-order valence-electron chi connectivity index (χ1n) is 5.41. The van der Waals surface area contributed by atoms with Crippen LogP contribution in [0, 0.1) is 0 Å². The van der Waals surface area contributed by atoms with Gasteiger partial charge in [0, 0.05) is 23.1 Å². The number of rotatable bonds is 4. The lowest BCUT2D eigenvalue weighted by atomic mass is 10.1. The van der Waals surface area contributed by atoms with Gasteiger partial charge in [0.15, 0.2) is 0 Å². The van der Waals surface area contributed by atoms with Crippen LogP contribution in [0.4, 0.5) is 18.9 Å². The van der Waals surface area contributed by atoms with Crippen molar-refractivity contribution < 1.29 is 13.2 Å². The van der Waals surface area contributed by atoms with Crippen LogP contribution in [0.1, 0.15) is 11.4 Å². The zero-order valence-electron chi connectivity index (χ0n) is 9.63. The molecular weight excluding hydrogens is 325 g/mol. The van der Waals surface area contributed by atoms with E-state index < -0.39 is 11.7 Å². The highest BCUT2D eigenvalue weighted by Crippen LogP contribution is 2.36. The molecule has 0 radical (unpaired) electrons. The minimum absolute atomic E-state index is 0.0430. The number of benzene rings is 1. The van der Waals surface area contributed by atoms with Gasteiger partial charge in [-0.15, -0.1) is 0 Å². The summed E-state index contributed by atoms with van der Waals surface area (Å²) >= 11 is 3.16. The topological polar surface area (TPSA) is 53.6 Å². The molecule has 1 aromatic heterocycles. The minimum Gasteiger partial charge on any atom is -0.384 e. The maximum Gasteiger partial charge on any atom is 0.418 e. The highest BCUT2D eigenvalue weighted by molar-refractivity contribution is 9.10. The summed E-state index contributed by atoms with van der Waals surface area (Å²) in [6.07, 6.45) is -2.56. The lowest BCUT2D eigenvalue weighted by molar-refractivity contribution is -0.136. The summed E-state index contributed by atoms with van der Waals surface area (Å²) in [5.41, 5.74) is -0.644. The Bertz CT molecular complexity index is 539. The molecule has 0 unspecified atom stereocenters. The van der Waals surface area contributed by atoms with Crippen LogP contribution in [-0.2, 0) is 12.6 Å². The second kappa shape index (κ2) is 5.60. The van der Waals surface area contributed by atoms with E-state index in [1.807, 2.05) is 0 Å². The molecule has 0 saturated carbocycles. The minimum atomic E-state index is -4.38. The predicted octanol–water partition coefficient (Wildman–Crippen LogP) is 3.24. The number of halogens is 4. The van der Waals surface area contributed by atoms with E-state index in [4.69, 9.17) is 0 Å². The second-order valence-electron chi connectivity index (χ2n) is 3.80. The highest BCUT2D eigenvalue weighted by Gasteiger charge is 2.33. The summed E-state index contributed by atoms with van der Waals surface area (Å²) in [7, 11) is 0. The number of aromatic nitrogens is 3. The molecule has 0 amide bonds. The number of hydrogen-bond donors (Lipinski definition) is 2. The van der Waals surface area contributed by atoms with Gasteiger partial charge in [-0.1, -0.05) is 15.9 Å². The molecule has 2 aromatic rings. The molecule has 1 aromatic carbocycles. The van der Waals surface area contributed by atoms with Crippen LogP contribution in [0.25, 0.3) is 0 Å². The summed E-state index contributed by atoms with van der Waals surface area (Å²) < 4.78 is 39.0. The molecule has 2 rings (SSSR count). The van der Waals surface area contributed by atoms with Crippen LogP contribution in [0.3, 0.4) is 0 Å². The van der Waals surface area contributed by atoms with Gasteiger partial charge in [0.05, 0.1) is 5.56 Å². The van der Waals surface area contributed by atoms with Crippen LogP contribution in [-0.4, -0.2) is 21.7 Å². The van der Waals surface area contributed by atoms with Crippen LogP contribution in [0.5, 0.6) is 0 Å². The highest BCUT2D eigenvalue weighted by atomic mass is 79.9. The van der Waals surface area contributed by atoms with Gasteiger partial charge in [-0.3, -0.25) is 5.10 Å². The van der Waals surface area contributed by atoms with Crippen LogP contribution in [0.2, 0.25) is 0 Å². The number of H-pyrrole nitrogens is 1. The van der Waals surface area contributed by atoms with E-state index in [1.54, 1.807) is 0 Å². The van der Waals surface area contributed by atoms with Crippen molar-refractivity contribution in [3.63, 3.8) is 0 Å². The molecule has 0 atom stereocenters. The lowest BCUT2D eigenvalue weighted by Gasteiger charge is -2.14. The third-order valence-electron chi connectivity index (χ3n) is 2.43. The van der Waals surface area contributed by atoms with Crippen molar-refractivity contribution in [2.75, 3.05) is 11.9 Å². The van der Waals surface area contributed by atoms with Crippen LogP contribution >= 0.6 is 15.9 Å². The van der Waals surface area contributed by atoms with Crippen LogP contribution < -0.4 is 5.32 Å². The predicted molar refractivity (Wildman–Crippen MR) is 67.7 cm³/mol. The summed E-state index contributed by atoms with van der Waals surface area (Å²) in [5.74, 6) is 0.621. The molecule has 1 heterocycles. The van der Waals surface area contributed by atoms with E-state index in [2.05, 4.69) is 36.4 Å². The Hall–Kier alpha value is -1.57. The SMILES string of the molecule is FC(F)(F)c1ccc(Br)cc1NCCc1ncn[nH]1. The van der Waals surface area contributed by atoms with Crippen molar-refractivity contribution in [3.8, 4) is 0 Å². The second-order valence-corrected chi connectivity index (χ2v) is 4.71. The zero-order valence-corrected chi connectivity index (χ0v) is 11.2. The molecular formula is C11H10BrF3N4. The largest absolute Gasteiger partial charge is 0.418 e. The molecule has 0 aliphatic heterocycles. The van der Waals surface area contributed by atoms with Gasteiger partial charge in [-0.25, -0.2) is 4.98 Å². The molecule has 19 heavy (non-hydrogen) atoms. The smallest absolute Gasteiger partial charge is 0.384 e. The Morgan fingerprint density at radius 3 is 2.74 bits per heavy atom. The van der Waals surface area contributed by atoms with Gasteiger partial charge in [0.1, 0.15) is 12.2 Å². The molecule has 4 nitrogen and oxygen atoms in total. The average molecular weight is 335 g/mol. The summed E-state index contributed by atoms with van der Waals surface area (Å²) in [4.78, 5) is 3.90. The number of nitrogens with one attached hydrogen (secondary N) is 2. The van der Waals surface area contributed by atoms with Crippen molar-refractivity contribution in [1.82, 2.24) is 15.2 Å². The zero-order chi connectivity index (χ0) is 13.9. The number of nitrogens with zero attached hydrogens (tertiary/aromatic N) is 2. The Labute approximate surface area is 115 Å². The van der Waals surface area contributed by atoms with Gasteiger partial charge >= 0.3 is 6.18 Å². The van der Waals surface area contributed by atoms with Gasteiger partial charge in [-0.2, -0.15) is 18.3 Å². The van der Waals surface area contributed by atoms with E-state index in [0.717, 1.165) is 6.07 Å². The Morgan fingerprint density at radius 2 is 2.11 bits per heavy atom. The molecule has 0 aliphatic rings. The van der Waals surface area contributed by atoms with Crippen LogP contribution in [0.15, 0.2) is 29.0 Å². The summed E-state index contributed by atoms with van der Waals surface area (Å²) in [6.45, 7) is 0.328. The molecule has 0 fully saturated rings. The molecule has 0 saturated heterocycles. The molecule has 0 aliphatic carbocycles. The van der Waals surface area contributed by atoms with E-state index in [9.17, 15) is 13.2 Å². The number of anilines is 1.